The van der Waals surface area contributed by atoms with Crippen molar-refractivity contribution < 1.29 is 4.42 Å². The van der Waals surface area contributed by atoms with E-state index >= 15 is 0 Å². The van der Waals surface area contributed by atoms with Crippen molar-refractivity contribution in [3.8, 4) is 0 Å². The summed E-state index contributed by atoms with van der Waals surface area (Å²) in [5.41, 5.74) is 1.32. The lowest BCUT2D eigenvalue weighted by Gasteiger charge is -2.22. The highest BCUT2D eigenvalue weighted by Crippen LogP contribution is 2.34. The van der Waals surface area contributed by atoms with Crippen LogP contribution in [0.5, 0.6) is 0 Å². The molecule has 0 aliphatic heterocycles. The molecule has 2 nitrogen and oxygen atoms in total. The smallest absolute Gasteiger partial charge is 0.108 e. The molecule has 2 aromatic rings. The third-order valence-corrected chi connectivity index (χ3v) is 5.75. The van der Waals surface area contributed by atoms with Crippen LogP contribution in [0.1, 0.15) is 35.1 Å². The number of hydrogen-bond donors (Lipinski definition) is 1. The largest absolute Gasteiger partial charge is 0.469 e. The molecule has 0 fully saturated rings. The third-order valence-electron chi connectivity index (χ3n) is 3.27. The molecular weight excluding hydrogens is 334 g/mol. The summed E-state index contributed by atoms with van der Waals surface area (Å²) in [6.45, 7) is 0.852. The third kappa shape index (κ3) is 2.52. The highest BCUT2D eigenvalue weighted by molar-refractivity contribution is 9.10. The summed E-state index contributed by atoms with van der Waals surface area (Å²) >= 11 is 11.1. The Hall–Kier alpha value is -0.290. The quantitative estimate of drug-likeness (QED) is 0.853. The van der Waals surface area contributed by atoms with Gasteiger partial charge in [0.25, 0.3) is 0 Å². The van der Waals surface area contributed by atoms with E-state index in [1.54, 1.807) is 17.6 Å². The number of rotatable bonds is 3. The lowest BCUT2D eigenvalue weighted by molar-refractivity contribution is 0.412. The van der Waals surface area contributed by atoms with Crippen molar-refractivity contribution in [2.75, 3.05) is 0 Å². The average molecular weight is 347 g/mol. The van der Waals surface area contributed by atoms with E-state index in [-0.39, 0.29) is 0 Å². The first-order valence-corrected chi connectivity index (χ1v) is 7.96. The van der Waals surface area contributed by atoms with Gasteiger partial charge in [-0.2, -0.15) is 0 Å². The SMILES string of the molecule is Clc1sc(CNC2CCCc3occc32)cc1Br. The molecule has 0 bridgehead atoms. The van der Waals surface area contributed by atoms with Crippen molar-refractivity contribution in [1.82, 2.24) is 5.32 Å². The van der Waals surface area contributed by atoms with Gasteiger partial charge in [0, 0.05) is 33.9 Å². The highest BCUT2D eigenvalue weighted by Gasteiger charge is 2.22. The maximum absolute atomic E-state index is 6.04. The second kappa shape index (κ2) is 5.37. The van der Waals surface area contributed by atoms with Gasteiger partial charge in [0.1, 0.15) is 10.1 Å². The molecule has 2 heterocycles. The number of furan rings is 1. The first-order chi connectivity index (χ1) is 8.74. The van der Waals surface area contributed by atoms with E-state index in [4.69, 9.17) is 16.0 Å². The molecule has 0 spiro atoms. The topological polar surface area (TPSA) is 25.2 Å². The molecule has 0 amide bonds. The van der Waals surface area contributed by atoms with Gasteiger partial charge in [-0.1, -0.05) is 11.6 Å². The lowest BCUT2D eigenvalue weighted by Crippen LogP contribution is -2.23. The number of fused-ring (bicyclic) bond motifs is 1. The van der Waals surface area contributed by atoms with Crippen molar-refractivity contribution in [3.05, 3.63) is 43.4 Å². The van der Waals surface area contributed by atoms with Crippen molar-refractivity contribution in [2.24, 2.45) is 0 Å². The lowest BCUT2D eigenvalue weighted by atomic mass is 9.93. The normalized spacial score (nSPS) is 18.9. The van der Waals surface area contributed by atoms with Crippen LogP contribution in [0.2, 0.25) is 4.34 Å². The van der Waals surface area contributed by atoms with Gasteiger partial charge in [0.2, 0.25) is 0 Å². The first kappa shape index (κ1) is 12.7. The van der Waals surface area contributed by atoms with E-state index in [0.29, 0.717) is 6.04 Å². The van der Waals surface area contributed by atoms with Gasteiger partial charge in [-0.15, -0.1) is 11.3 Å². The van der Waals surface area contributed by atoms with E-state index < -0.39 is 0 Å². The molecule has 0 saturated heterocycles. The Bertz CT molecular complexity index is 531. The second-order valence-electron chi connectivity index (χ2n) is 4.46. The van der Waals surface area contributed by atoms with Gasteiger partial charge in [0.15, 0.2) is 0 Å². The minimum Gasteiger partial charge on any atom is -0.469 e. The molecule has 0 saturated carbocycles. The van der Waals surface area contributed by atoms with Crippen molar-refractivity contribution in [1.29, 1.82) is 0 Å². The van der Waals surface area contributed by atoms with Crippen LogP contribution in [0.4, 0.5) is 0 Å². The summed E-state index contributed by atoms with van der Waals surface area (Å²) < 4.78 is 7.30. The van der Waals surface area contributed by atoms with Crippen LogP contribution in [0, 0.1) is 0 Å². The maximum Gasteiger partial charge on any atom is 0.108 e. The predicted molar refractivity (Wildman–Crippen MR) is 78.3 cm³/mol. The second-order valence-corrected chi connectivity index (χ2v) is 7.05. The van der Waals surface area contributed by atoms with Crippen LogP contribution in [0.15, 0.2) is 27.3 Å². The van der Waals surface area contributed by atoms with E-state index in [9.17, 15) is 0 Å². The summed E-state index contributed by atoms with van der Waals surface area (Å²) in [4.78, 5) is 1.25. The summed E-state index contributed by atoms with van der Waals surface area (Å²) in [7, 11) is 0. The summed E-state index contributed by atoms with van der Waals surface area (Å²) in [5, 5.41) is 3.59. The molecule has 96 valence electrons. The summed E-state index contributed by atoms with van der Waals surface area (Å²) in [5.74, 6) is 1.14. The Morgan fingerprint density at radius 2 is 2.44 bits per heavy atom. The highest BCUT2D eigenvalue weighted by atomic mass is 79.9. The average Bonchev–Trinajstić information content (AvgIpc) is 2.94. The summed E-state index contributed by atoms with van der Waals surface area (Å²) in [6.07, 6.45) is 5.22. The van der Waals surface area contributed by atoms with Crippen LogP contribution in [-0.2, 0) is 13.0 Å². The Balaban J connectivity index is 1.68. The van der Waals surface area contributed by atoms with Crippen LogP contribution < -0.4 is 5.32 Å². The fourth-order valence-corrected chi connectivity index (χ4v) is 4.14. The standard InChI is InChI=1S/C13H13BrClNOS/c14-10-6-8(18-13(10)15)7-16-11-2-1-3-12-9(11)4-5-17-12/h4-6,11,16H,1-3,7H2. The van der Waals surface area contributed by atoms with Gasteiger partial charge >= 0.3 is 0 Å². The molecular formula is C13H13BrClNOS. The van der Waals surface area contributed by atoms with E-state index in [0.717, 1.165) is 27.5 Å². The fraction of sp³-hybridized carbons (Fsp3) is 0.385. The Labute approximate surface area is 123 Å². The van der Waals surface area contributed by atoms with Gasteiger partial charge in [0.05, 0.1) is 6.26 Å². The Morgan fingerprint density at radius 3 is 3.22 bits per heavy atom. The van der Waals surface area contributed by atoms with Crippen LogP contribution in [-0.4, -0.2) is 0 Å². The van der Waals surface area contributed by atoms with Crippen LogP contribution >= 0.6 is 38.9 Å². The van der Waals surface area contributed by atoms with Crippen molar-refractivity contribution >= 4 is 38.9 Å². The zero-order chi connectivity index (χ0) is 12.5. The molecule has 5 heteroatoms. The summed E-state index contributed by atoms with van der Waals surface area (Å²) in [6, 6.07) is 4.58. The molecule has 0 aromatic carbocycles. The number of thiophene rings is 1. The number of halogens is 2. The number of aryl methyl sites for hydroxylation is 1. The fourth-order valence-electron chi connectivity index (χ4n) is 2.40. The minimum atomic E-state index is 0.409. The molecule has 0 radical (unpaired) electrons. The monoisotopic (exact) mass is 345 g/mol. The predicted octanol–water partition coefficient (Wildman–Crippen LogP) is 4.92. The number of hydrogen-bond acceptors (Lipinski definition) is 3. The van der Waals surface area contributed by atoms with Crippen LogP contribution in [0.25, 0.3) is 0 Å². The molecule has 18 heavy (non-hydrogen) atoms. The maximum atomic E-state index is 6.04. The zero-order valence-electron chi connectivity index (χ0n) is 9.71. The van der Waals surface area contributed by atoms with Gasteiger partial charge in [-0.3, -0.25) is 0 Å². The van der Waals surface area contributed by atoms with Gasteiger partial charge in [-0.25, -0.2) is 0 Å². The van der Waals surface area contributed by atoms with Crippen molar-refractivity contribution in [2.45, 2.75) is 31.8 Å². The van der Waals surface area contributed by atoms with Gasteiger partial charge < -0.3 is 9.73 Å². The molecule has 1 unspecified atom stereocenters. The van der Waals surface area contributed by atoms with E-state index in [1.165, 1.54) is 23.3 Å². The Morgan fingerprint density at radius 1 is 1.56 bits per heavy atom. The molecule has 2 aromatic heterocycles. The van der Waals surface area contributed by atoms with Gasteiger partial charge in [-0.05, 0) is 40.9 Å². The van der Waals surface area contributed by atoms with E-state index in [2.05, 4.69) is 33.4 Å². The minimum absolute atomic E-state index is 0.409. The molecule has 1 atom stereocenters. The van der Waals surface area contributed by atoms with E-state index in [1.807, 2.05) is 0 Å². The zero-order valence-corrected chi connectivity index (χ0v) is 12.9. The van der Waals surface area contributed by atoms with Crippen LogP contribution in [0.3, 0.4) is 0 Å². The molecule has 1 aliphatic carbocycles. The molecule has 1 aliphatic rings. The van der Waals surface area contributed by atoms with Crippen molar-refractivity contribution in [3.63, 3.8) is 0 Å². The number of nitrogens with one attached hydrogen (secondary N) is 1. The Kier molecular flexibility index (Phi) is 3.80. The molecule has 1 N–H and O–H groups in total. The molecule has 3 rings (SSSR count). The first-order valence-electron chi connectivity index (χ1n) is 5.97.